The predicted octanol–water partition coefficient (Wildman–Crippen LogP) is 1.78. The molecule has 0 aliphatic carbocycles. The van der Waals surface area contributed by atoms with E-state index in [-0.39, 0.29) is 15.5 Å². The second kappa shape index (κ2) is 10.7. The van der Waals surface area contributed by atoms with Gasteiger partial charge in [-0.3, -0.25) is 25.2 Å². The van der Waals surface area contributed by atoms with E-state index in [4.69, 9.17) is 0 Å². The first kappa shape index (κ1) is 24.6. The lowest BCUT2D eigenvalue weighted by molar-refractivity contribution is -0.123. The summed E-state index contributed by atoms with van der Waals surface area (Å²) < 4.78 is 28.2. The van der Waals surface area contributed by atoms with Crippen LogP contribution in [0.15, 0.2) is 50.8 Å². The summed E-state index contributed by atoms with van der Waals surface area (Å²) in [6, 6.07) is 8.47. The minimum Gasteiger partial charge on any atom is -0.271 e. The van der Waals surface area contributed by atoms with Crippen LogP contribution in [0.1, 0.15) is 43.6 Å². The zero-order valence-corrected chi connectivity index (χ0v) is 19.8. The minimum atomic E-state index is -3.86. The Morgan fingerprint density at radius 1 is 1.09 bits per heavy atom. The largest absolute Gasteiger partial charge is 0.290 e. The highest BCUT2D eigenvalue weighted by Gasteiger charge is 2.24. The molecular formula is C21H25N5O5S2. The van der Waals surface area contributed by atoms with Crippen molar-refractivity contribution in [1.82, 2.24) is 25.4 Å². The lowest BCUT2D eigenvalue weighted by atomic mass is 10.1. The number of sulfonamides is 1. The molecule has 0 aliphatic rings. The molecule has 1 atom stereocenters. The fourth-order valence-electron chi connectivity index (χ4n) is 3.11. The van der Waals surface area contributed by atoms with E-state index in [0.717, 1.165) is 30.6 Å². The van der Waals surface area contributed by atoms with E-state index in [2.05, 4.69) is 20.7 Å². The van der Waals surface area contributed by atoms with E-state index in [1.54, 1.807) is 35.7 Å². The van der Waals surface area contributed by atoms with Gasteiger partial charge in [-0.05, 0) is 30.9 Å². The van der Waals surface area contributed by atoms with Gasteiger partial charge in [0.25, 0.3) is 27.4 Å². The molecule has 0 fully saturated rings. The first-order valence-electron chi connectivity index (χ1n) is 10.4. The summed E-state index contributed by atoms with van der Waals surface area (Å²) in [7, 11) is -3.86. The molecule has 1 aromatic carbocycles. The van der Waals surface area contributed by atoms with Crippen LogP contribution in [0.5, 0.6) is 0 Å². The summed E-state index contributed by atoms with van der Waals surface area (Å²) in [6.45, 7) is 3.76. The minimum absolute atomic E-state index is 0.0196. The van der Waals surface area contributed by atoms with Crippen LogP contribution in [0.25, 0.3) is 10.8 Å². The molecule has 0 radical (unpaired) electrons. The average molecular weight is 492 g/mol. The molecule has 3 aromatic rings. The van der Waals surface area contributed by atoms with Crippen LogP contribution >= 0.6 is 11.3 Å². The second-order valence-electron chi connectivity index (χ2n) is 7.35. The molecule has 10 nitrogen and oxygen atoms in total. The molecule has 3 rings (SSSR count). The molecule has 0 aliphatic heterocycles. The van der Waals surface area contributed by atoms with Crippen LogP contribution in [0, 0.1) is 0 Å². The number of unbranched alkanes of at least 4 members (excludes halogenated alkanes) is 2. The van der Waals surface area contributed by atoms with Crippen LogP contribution in [0.2, 0.25) is 0 Å². The van der Waals surface area contributed by atoms with E-state index in [9.17, 15) is 22.8 Å². The number of amides is 2. The number of rotatable bonds is 9. The molecule has 12 heteroatoms. The van der Waals surface area contributed by atoms with E-state index in [1.165, 1.54) is 17.7 Å². The van der Waals surface area contributed by atoms with Crippen molar-refractivity contribution in [2.75, 3.05) is 0 Å². The van der Waals surface area contributed by atoms with E-state index in [1.807, 2.05) is 6.92 Å². The highest BCUT2D eigenvalue weighted by Crippen LogP contribution is 2.16. The zero-order chi connectivity index (χ0) is 24.0. The lowest BCUT2D eigenvalue weighted by Gasteiger charge is -2.15. The van der Waals surface area contributed by atoms with E-state index < -0.39 is 27.9 Å². The quantitative estimate of drug-likeness (QED) is 0.308. The Hall–Kier alpha value is -3.09. The zero-order valence-electron chi connectivity index (χ0n) is 18.2. The van der Waals surface area contributed by atoms with Crippen molar-refractivity contribution in [1.29, 1.82) is 0 Å². The number of nitrogens with one attached hydrogen (secondary N) is 3. The molecule has 2 heterocycles. The summed E-state index contributed by atoms with van der Waals surface area (Å²) in [5, 5.41) is 6.53. The fraction of sp³-hybridized carbons (Fsp3) is 0.333. The third-order valence-corrected chi connectivity index (χ3v) is 7.78. The van der Waals surface area contributed by atoms with Gasteiger partial charge in [-0.25, -0.2) is 13.1 Å². The van der Waals surface area contributed by atoms with Gasteiger partial charge >= 0.3 is 0 Å². The van der Waals surface area contributed by atoms with Gasteiger partial charge in [0.05, 0.1) is 11.4 Å². The molecule has 3 N–H and O–H groups in total. The Kier molecular flexibility index (Phi) is 7.95. The predicted molar refractivity (Wildman–Crippen MR) is 125 cm³/mol. The van der Waals surface area contributed by atoms with Crippen molar-refractivity contribution in [3.8, 4) is 0 Å². The topological polar surface area (TPSA) is 139 Å². The van der Waals surface area contributed by atoms with Crippen LogP contribution in [0.3, 0.4) is 0 Å². The smallest absolute Gasteiger partial charge is 0.271 e. The van der Waals surface area contributed by atoms with E-state index in [0.29, 0.717) is 17.3 Å². The maximum Gasteiger partial charge on any atom is 0.290 e. The van der Waals surface area contributed by atoms with Gasteiger partial charge in [-0.2, -0.15) is 9.82 Å². The van der Waals surface area contributed by atoms with Crippen molar-refractivity contribution in [2.45, 2.75) is 49.9 Å². The molecule has 1 unspecified atom stereocenters. The Bertz CT molecular complexity index is 1300. The maximum atomic E-state index is 12.8. The van der Waals surface area contributed by atoms with Gasteiger partial charge in [0.2, 0.25) is 0 Å². The van der Waals surface area contributed by atoms with Crippen molar-refractivity contribution >= 4 is 43.9 Å². The SMILES string of the molecule is CCCCCn1nc(C(=O)NNC(=O)C(C)NS(=O)(=O)c2cccs2)c2ccccc2c1=O. The molecule has 0 spiro atoms. The van der Waals surface area contributed by atoms with Crippen LogP contribution < -0.4 is 21.1 Å². The van der Waals surface area contributed by atoms with Gasteiger partial charge in [-0.15, -0.1) is 11.3 Å². The Balaban J connectivity index is 1.74. The first-order chi connectivity index (χ1) is 15.7. The standard InChI is InChI=1S/C21H25N5O5S2/c1-3-4-7-12-26-21(29)16-10-6-5-9-15(16)18(24-26)20(28)23-22-19(27)14(2)25-33(30,31)17-11-8-13-32-17/h5-6,8-11,13-14,25H,3-4,7,12H2,1-2H3,(H,22,27)(H,23,28). The van der Waals surface area contributed by atoms with Gasteiger partial charge in [0, 0.05) is 11.9 Å². The number of aryl methyl sites for hydroxylation is 1. The third kappa shape index (κ3) is 5.83. The van der Waals surface area contributed by atoms with Crippen molar-refractivity contribution in [3.63, 3.8) is 0 Å². The Labute approximate surface area is 195 Å². The van der Waals surface area contributed by atoms with Crippen molar-refractivity contribution in [2.24, 2.45) is 0 Å². The number of benzene rings is 1. The first-order valence-corrected chi connectivity index (χ1v) is 12.8. The number of thiophene rings is 1. The number of aromatic nitrogens is 2. The summed E-state index contributed by atoms with van der Waals surface area (Å²) in [5.74, 6) is -1.49. The number of hydrazine groups is 1. The number of hydrogen-bond acceptors (Lipinski definition) is 7. The Morgan fingerprint density at radius 2 is 1.82 bits per heavy atom. The lowest BCUT2D eigenvalue weighted by Crippen LogP contribution is -2.51. The molecule has 0 saturated heterocycles. The summed E-state index contributed by atoms with van der Waals surface area (Å²) in [5.41, 5.74) is 4.16. The monoisotopic (exact) mass is 491 g/mol. The van der Waals surface area contributed by atoms with Crippen molar-refractivity contribution < 1.29 is 18.0 Å². The van der Waals surface area contributed by atoms with Gasteiger partial charge in [0.1, 0.15) is 4.21 Å². The number of nitrogens with zero attached hydrogens (tertiary/aromatic N) is 2. The Morgan fingerprint density at radius 3 is 2.48 bits per heavy atom. The van der Waals surface area contributed by atoms with Crippen LogP contribution in [-0.2, 0) is 21.4 Å². The summed E-state index contributed by atoms with van der Waals surface area (Å²) >= 11 is 1.02. The second-order valence-corrected chi connectivity index (χ2v) is 10.2. The molecular weight excluding hydrogens is 466 g/mol. The third-order valence-electron chi connectivity index (χ3n) is 4.84. The number of carbonyl (C=O) groups is 2. The van der Waals surface area contributed by atoms with Crippen molar-refractivity contribution in [3.05, 3.63) is 57.8 Å². The molecule has 0 bridgehead atoms. The van der Waals surface area contributed by atoms with Crippen LogP contribution in [0.4, 0.5) is 0 Å². The molecule has 33 heavy (non-hydrogen) atoms. The number of carbonyl (C=O) groups excluding carboxylic acids is 2. The molecule has 2 aromatic heterocycles. The fourth-order valence-corrected chi connectivity index (χ4v) is 5.32. The highest BCUT2D eigenvalue weighted by atomic mass is 32.2. The molecule has 0 saturated carbocycles. The summed E-state index contributed by atoms with van der Waals surface area (Å²) in [6.07, 6.45) is 2.62. The number of hydrogen-bond donors (Lipinski definition) is 3. The van der Waals surface area contributed by atoms with E-state index >= 15 is 0 Å². The summed E-state index contributed by atoms with van der Waals surface area (Å²) in [4.78, 5) is 37.9. The maximum absolute atomic E-state index is 12.8. The van der Waals surface area contributed by atoms with Crippen LogP contribution in [-0.4, -0.2) is 36.1 Å². The molecule has 2 amide bonds. The molecule has 176 valence electrons. The van der Waals surface area contributed by atoms with Gasteiger partial charge in [0.15, 0.2) is 5.69 Å². The average Bonchev–Trinajstić information content (AvgIpc) is 3.35. The van der Waals surface area contributed by atoms with Gasteiger partial charge in [-0.1, -0.05) is 44.0 Å². The normalized spacial score (nSPS) is 12.4. The van der Waals surface area contributed by atoms with Gasteiger partial charge < -0.3 is 0 Å². The highest BCUT2D eigenvalue weighted by molar-refractivity contribution is 7.91. The number of fused-ring (bicyclic) bond motifs is 1.